The van der Waals surface area contributed by atoms with Crippen LogP contribution >= 0.6 is 11.8 Å². The molecule has 8 nitrogen and oxygen atoms in total. The van der Waals surface area contributed by atoms with Crippen molar-refractivity contribution in [2.75, 3.05) is 30.1 Å². The van der Waals surface area contributed by atoms with E-state index in [0.29, 0.717) is 28.9 Å². The van der Waals surface area contributed by atoms with Gasteiger partial charge in [-0.2, -0.15) is 10.2 Å². The zero-order valence-electron chi connectivity index (χ0n) is 22.3. The van der Waals surface area contributed by atoms with Crippen LogP contribution in [0.1, 0.15) is 36.7 Å². The van der Waals surface area contributed by atoms with Crippen molar-refractivity contribution in [2.24, 2.45) is 10.9 Å². The first-order valence-corrected chi connectivity index (χ1v) is 13.5. The average Bonchev–Trinajstić information content (AvgIpc) is 3.50. The van der Waals surface area contributed by atoms with Crippen LogP contribution in [0.2, 0.25) is 0 Å². The summed E-state index contributed by atoms with van der Waals surface area (Å²) in [7, 11) is 1.59. The minimum absolute atomic E-state index is 0.0233. The second kappa shape index (κ2) is 11.5. The van der Waals surface area contributed by atoms with E-state index in [4.69, 9.17) is 4.99 Å². The fraction of sp³-hybridized carbons (Fsp3) is 0.370. The van der Waals surface area contributed by atoms with E-state index in [2.05, 4.69) is 27.2 Å². The fourth-order valence-corrected chi connectivity index (χ4v) is 4.71. The van der Waals surface area contributed by atoms with Crippen LogP contribution < -0.4 is 10.2 Å². The molecular formula is C27H33F2N7OS. The summed E-state index contributed by atoms with van der Waals surface area (Å²) in [5.74, 6) is 0.342. The number of hydrogen-bond donors (Lipinski definition) is 3. The molecule has 1 aliphatic rings. The highest BCUT2D eigenvalue weighted by molar-refractivity contribution is 7.98. The Hall–Kier alpha value is -3.44. The van der Waals surface area contributed by atoms with E-state index in [-0.39, 0.29) is 18.2 Å². The number of allylic oxidation sites excluding steroid dienone is 2. The zero-order valence-corrected chi connectivity index (χ0v) is 23.1. The number of aryl methyl sites for hydroxylation is 2. The highest BCUT2D eigenvalue weighted by Crippen LogP contribution is 2.45. The minimum Gasteiger partial charge on any atom is -0.394 e. The van der Waals surface area contributed by atoms with Gasteiger partial charge in [-0.1, -0.05) is 6.58 Å². The van der Waals surface area contributed by atoms with Gasteiger partial charge in [0.2, 0.25) is 0 Å². The second-order valence-corrected chi connectivity index (χ2v) is 10.2. The van der Waals surface area contributed by atoms with Crippen LogP contribution in [-0.4, -0.2) is 50.8 Å². The third-order valence-electron chi connectivity index (χ3n) is 6.44. The average molecular weight is 542 g/mol. The maximum atomic E-state index is 14.9. The topological polar surface area (TPSA) is 94.4 Å². The molecule has 0 radical (unpaired) electrons. The number of aliphatic hydroxyl groups excluding tert-OH is 1. The minimum atomic E-state index is -0.661. The van der Waals surface area contributed by atoms with Crippen molar-refractivity contribution in [1.29, 1.82) is 0 Å². The molecular weight excluding hydrogens is 508 g/mol. The number of amidine groups is 1. The smallest absolute Gasteiger partial charge is 0.153 e. The summed E-state index contributed by atoms with van der Waals surface area (Å²) < 4.78 is 31.5. The summed E-state index contributed by atoms with van der Waals surface area (Å²) >= 11 is 1.27. The summed E-state index contributed by atoms with van der Waals surface area (Å²) in [6, 6.07) is 4.49. The van der Waals surface area contributed by atoms with Gasteiger partial charge < -0.3 is 15.3 Å². The zero-order chi connectivity index (χ0) is 27.6. The molecule has 0 aliphatic heterocycles. The van der Waals surface area contributed by atoms with E-state index in [1.165, 1.54) is 28.8 Å². The lowest BCUT2D eigenvalue weighted by atomic mass is 9.96. The van der Waals surface area contributed by atoms with Crippen LogP contribution in [0, 0.1) is 31.4 Å². The van der Waals surface area contributed by atoms with Gasteiger partial charge in [-0.3, -0.25) is 9.78 Å². The van der Waals surface area contributed by atoms with Crippen molar-refractivity contribution in [3.05, 3.63) is 71.0 Å². The van der Waals surface area contributed by atoms with Crippen LogP contribution in [0.25, 0.3) is 5.57 Å². The van der Waals surface area contributed by atoms with Crippen LogP contribution in [0.15, 0.2) is 52.3 Å². The number of hydrogen-bond acceptors (Lipinski definition) is 6. The molecule has 0 amide bonds. The standard InChI is InChI=1S/C27H33F2N7OS/c1-15-11-24(33-32-15)31-27(30-18(4)35(5)26-22(28)12-20(38-6)13-23(26)29)25(19-7-8-19)16(2)21-14-36(9-10-37)34-17(21)3/h11-14,19,37H,2,7-10H2,1,3-6H3,(H2,31,32,33)/b27-25-,30-18+. The Labute approximate surface area is 225 Å². The van der Waals surface area contributed by atoms with Gasteiger partial charge in [-0.15, -0.1) is 11.8 Å². The maximum Gasteiger partial charge on any atom is 0.153 e. The molecule has 3 aromatic rings. The van der Waals surface area contributed by atoms with E-state index in [0.717, 1.165) is 40.9 Å². The first-order valence-electron chi connectivity index (χ1n) is 12.3. The number of nitrogens with zero attached hydrogens (tertiary/aromatic N) is 5. The lowest BCUT2D eigenvalue weighted by Crippen LogP contribution is -2.26. The number of benzene rings is 1. The molecule has 0 saturated heterocycles. The number of H-pyrrole nitrogens is 1. The molecule has 11 heteroatoms. The summed E-state index contributed by atoms with van der Waals surface area (Å²) in [6.45, 7) is 10.3. The lowest BCUT2D eigenvalue weighted by Gasteiger charge is -2.22. The molecule has 1 saturated carbocycles. The third-order valence-corrected chi connectivity index (χ3v) is 7.15. The number of halogens is 2. The number of anilines is 2. The number of nitrogens with one attached hydrogen (secondary N) is 2. The Kier molecular flexibility index (Phi) is 8.37. The molecule has 2 aromatic heterocycles. The molecule has 2 heterocycles. The van der Waals surface area contributed by atoms with E-state index >= 15 is 0 Å². The molecule has 0 atom stereocenters. The maximum absolute atomic E-state index is 14.9. The molecule has 0 spiro atoms. The lowest BCUT2D eigenvalue weighted by molar-refractivity contribution is 0.269. The Balaban J connectivity index is 1.81. The molecule has 4 rings (SSSR count). The number of aromatic amines is 1. The Bertz CT molecular complexity index is 1380. The van der Waals surface area contributed by atoms with E-state index in [1.807, 2.05) is 26.1 Å². The monoisotopic (exact) mass is 541 g/mol. The molecule has 38 heavy (non-hydrogen) atoms. The predicted molar refractivity (Wildman–Crippen MR) is 149 cm³/mol. The van der Waals surface area contributed by atoms with E-state index < -0.39 is 11.6 Å². The van der Waals surface area contributed by atoms with Crippen molar-refractivity contribution in [2.45, 2.75) is 45.1 Å². The summed E-state index contributed by atoms with van der Waals surface area (Å²) in [4.78, 5) is 6.77. The molecule has 0 unspecified atom stereocenters. The summed E-state index contributed by atoms with van der Waals surface area (Å²) in [6.07, 6.45) is 5.57. The van der Waals surface area contributed by atoms with Crippen molar-refractivity contribution < 1.29 is 13.9 Å². The molecule has 1 aromatic carbocycles. The quantitative estimate of drug-likeness (QED) is 0.136. The van der Waals surface area contributed by atoms with Crippen molar-refractivity contribution in [3.63, 3.8) is 0 Å². The van der Waals surface area contributed by atoms with Crippen molar-refractivity contribution >= 4 is 34.7 Å². The first-order chi connectivity index (χ1) is 18.1. The van der Waals surface area contributed by atoms with Gasteiger partial charge in [0.05, 0.1) is 18.8 Å². The van der Waals surface area contributed by atoms with Gasteiger partial charge >= 0.3 is 0 Å². The largest absolute Gasteiger partial charge is 0.394 e. The summed E-state index contributed by atoms with van der Waals surface area (Å²) in [5.41, 5.74) is 3.98. The van der Waals surface area contributed by atoms with Gasteiger partial charge in [-0.05, 0) is 63.5 Å². The highest BCUT2D eigenvalue weighted by Gasteiger charge is 2.32. The van der Waals surface area contributed by atoms with Crippen LogP contribution in [0.4, 0.5) is 20.3 Å². The number of aliphatic hydroxyl groups is 1. The SMILES string of the molecule is C=C(/C(=C(\N=C(/C)N(C)c1c(F)cc(SC)cc1F)Nc1cc(C)[nH]n1)C1CC1)c1cn(CCO)nc1C. The van der Waals surface area contributed by atoms with Crippen molar-refractivity contribution in [1.82, 2.24) is 20.0 Å². The Morgan fingerprint density at radius 2 is 1.97 bits per heavy atom. The normalized spacial score (nSPS) is 14.5. The second-order valence-electron chi connectivity index (χ2n) is 9.35. The number of thioether (sulfide) groups is 1. The van der Waals surface area contributed by atoms with Crippen LogP contribution in [-0.2, 0) is 6.54 Å². The van der Waals surface area contributed by atoms with E-state index in [1.54, 1.807) is 24.9 Å². The number of aliphatic imine (C=N–C) groups is 1. The molecule has 0 bridgehead atoms. The van der Waals surface area contributed by atoms with Crippen LogP contribution in [0.5, 0.6) is 0 Å². The number of aromatic nitrogens is 4. The van der Waals surface area contributed by atoms with Gasteiger partial charge in [0.15, 0.2) is 17.5 Å². The van der Waals surface area contributed by atoms with Gasteiger partial charge in [-0.25, -0.2) is 13.8 Å². The Morgan fingerprint density at radius 3 is 2.53 bits per heavy atom. The molecule has 3 N–H and O–H groups in total. The Morgan fingerprint density at radius 1 is 1.29 bits per heavy atom. The molecule has 1 aliphatic carbocycles. The fourth-order valence-electron chi connectivity index (χ4n) is 4.27. The summed E-state index contributed by atoms with van der Waals surface area (Å²) in [5, 5.41) is 24.4. The highest BCUT2D eigenvalue weighted by atomic mass is 32.2. The van der Waals surface area contributed by atoms with Crippen molar-refractivity contribution in [3.8, 4) is 0 Å². The van der Waals surface area contributed by atoms with E-state index in [9.17, 15) is 13.9 Å². The van der Waals surface area contributed by atoms with Crippen LogP contribution in [0.3, 0.4) is 0 Å². The van der Waals surface area contributed by atoms with Gasteiger partial charge in [0.25, 0.3) is 0 Å². The third kappa shape index (κ3) is 5.99. The van der Waals surface area contributed by atoms with Gasteiger partial charge in [0.1, 0.15) is 17.3 Å². The molecule has 202 valence electrons. The predicted octanol–water partition coefficient (Wildman–Crippen LogP) is 5.52. The first kappa shape index (κ1) is 27.6. The van der Waals surface area contributed by atoms with Gasteiger partial charge in [0, 0.05) is 41.0 Å². The number of rotatable bonds is 10. The molecule has 1 fully saturated rings.